The van der Waals surface area contributed by atoms with Crippen LogP contribution in [0.1, 0.15) is 41.0 Å². The maximum atomic E-state index is 12.3. The molecule has 2 amide bonds. The fourth-order valence-corrected chi connectivity index (χ4v) is 3.19. The highest BCUT2D eigenvalue weighted by atomic mass is 32.2. The van der Waals surface area contributed by atoms with Crippen molar-refractivity contribution in [2.75, 3.05) is 18.8 Å². The second-order valence-corrected chi connectivity index (χ2v) is 8.73. The minimum atomic E-state index is -0.990. The Kier molecular flexibility index (Phi) is 5.35. The molecular weight excluding hydrogens is 276 g/mol. The van der Waals surface area contributed by atoms with Crippen molar-refractivity contribution < 1.29 is 14.7 Å². The van der Waals surface area contributed by atoms with Gasteiger partial charge in [0.15, 0.2) is 0 Å². The normalized spacial score (nSPS) is 20.9. The number of rotatable bonds is 2. The summed E-state index contributed by atoms with van der Waals surface area (Å²) in [5, 5.41) is 11.9. The van der Waals surface area contributed by atoms with Gasteiger partial charge in [0.2, 0.25) is 0 Å². The first-order valence-corrected chi connectivity index (χ1v) is 7.94. The number of hydrogen-bond donors (Lipinski definition) is 2. The number of nitrogens with zero attached hydrogens (tertiary/aromatic N) is 1. The van der Waals surface area contributed by atoms with E-state index in [2.05, 4.69) is 19.2 Å². The third-order valence-electron chi connectivity index (χ3n) is 3.51. The highest BCUT2D eigenvalue weighted by Gasteiger charge is 2.34. The Morgan fingerprint density at radius 3 is 2.40 bits per heavy atom. The van der Waals surface area contributed by atoms with Crippen molar-refractivity contribution in [2.24, 2.45) is 5.41 Å². The van der Waals surface area contributed by atoms with E-state index in [4.69, 9.17) is 0 Å². The van der Waals surface area contributed by atoms with Gasteiger partial charge in [-0.3, -0.25) is 0 Å². The molecule has 116 valence electrons. The van der Waals surface area contributed by atoms with Crippen molar-refractivity contribution in [3.8, 4) is 0 Å². The summed E-state index contributed by atoms with van der Waals surface area (Å²) in [4.78, 5) is 25.3. The van der Waals surface area contributed by atoms with Crippen LogP contribution in [0.2, 0.25) is 0 Å². The number of hydrogen-bond acceptors (Lipinski definition) is 3. The molecular formula is C14H26N2O3S. The van der Waals surface area contributed by atoms with Gasteiger partial charge in [0.1, 0.15) is 6.04 Å². The molecule has 0 radical (unpaired) electrons. The molecule has 1 aliphatic heterocycles. The number of carboxylic acid groups (broad SMARTS) is 1. The average molecular weight is 302 g/mol. The highest BCUT2D eigenvalue weighted by Crippen LogP contribution is 2.30. The lowest BCUT2D eigenvalue weighted by Crippen LogP contribution is -2.53. The van der Waals surface area contributed by atoms with Gasteiger partial charge in [0.05, 0.1) is 0 Å². The van der Waals surface area contributed by atoms with E-state index in [0.717, 1.165) is 12.2 Å². The second-order valence-electron chi connectivity index (χ2n) is 6.93. The van der Waals surface area contributed by atoms with E-state index in [9.17, 15) is 14.7 Å². The number of thioether (sulfide) groups is 1. The summed E-state index contributed by atoms with van der Waals surface area (Å²) in [6, 6.07) is -1.15. The quantitative estimate of drug-likeness (QED) is 0.822. The van der Waals surface area contributed by atoms with Gasteiger partial charge in [0, 0.05) is 23.6 Å². The topological polar surface area (TPSA) is 69.6 Å². The first-order valence-electron chi connectivity index (χ1n) is 6.95. The van der Waals surface area contributed by atoms with Crippen LogP contribution in [-0.2, 0) is 4.79 Å². The molecule has 5 nitrogen and oxygen atoms in total. The highest BCUT2D eigenvalue weighted by molar-refractivity contribution is 8.00. The molecule has 1 saturated heterocycles. The summed E-state index contributed by atoms with van der Waals surface area (Å²) < 4.78 is 0.172. The second kappa shape index (κ2) is 6.24. The number of aliphatic carboxylic acids is 1. The van der Waals surface area contributed by atoms with Crippen LogP contribution >= 0.6 is 11.8 Å². The molecule has 2 N–H and O–H groups in total. The van der Waals surface area contributed by atoms with Gasteiger partial charge < -0.3 is 15.3 Å². The summed E-state index contributed by atoms with van der Waals surface area (Å²) in [6.07, 6.45) is 0.915. The van der Waals surface area contributed by atoms with E-state index in [1.54, 1.807) is 4.90 Å². The van der Waals surface area contributed by atoms with Crippen molar-refractivity contribution in [1.29, 1.82) is 0 Å². The summed E-state index contributed by atoms with van der Waals surface area (Å²) in [5.41, 5.74) is -0.513. The lowest BCUT2D eigenvalue weighted by Gasteiger charge is -2.30. The van der Waals surface area contributed by atoms with E-state index >= 15 is 0 Å². The van der Waals surface area contributed by atoms with Crippen LogP contribution in [0, 0.1) is 5.41 Å². The average Bonchev–Trinajstić information content (AvgIpc) is 2.44. The molecule has 0 saturated carbocycles. The van der Waals surface area contributed by atoms with Gasteiger partial charge in [-0.05, 0) is 11.8 Å². The molecule has 0 unspecified atom stereocenters. The Labute approximate surface area is 125 Å². The van der Waals surface area contributed by atoms with Crippen molar-refractivity contribution >= 4 is 23.8 Å². The molecule has 0 aromatic heterocycles. The standard InChI is InChI=1S/C14H26N2O3S/c1-13(2,3)10(11(17)18)15-12(19)16-7-6-14(4,5)20-9-8-16/h10H,6-9H2,1-5H3,(H,15,19)(H,17,18)/t10-/m1/s1. The van der Waals surface area contributed by atoms with Gasteiger partial charge >= 0.3 is 12.0 Å². The van der Waals surface area contributed by atoms with E-state index in [1.165, 1.54) is 0 Å². The summed E-state index contributed by atoms with van der Waals surface area (Å²) >= 11 is 1.86. The number of amides is 2. The molecule has 1 atom stereocenters. The number of carbonyl (C=O) groups excluding carboxylic acids is 1. The van der Waals surface area contributed by atoms with Crippen LogP contribution in [0.4, 0.5) is 4.79 Å². The number of carbonyl (C=O) groups is 2. The predicted molar refractivity (Wildman–Crippen MR) is 82.1 cm³/mol. The van der Waals surface area contributed by atoms with Gasteiger partial charge in [-0.25, -0.2) is 9.59 Å². The Bertz CT molecular complexity index is 377. The third-order valence-corrected chi connectivity index (χ3v) is 4.88. The van der Waals surface area contributed by atoms with Gasteiger partial charge in [-0.2, -0.15) is 11.8 Å². The lowest BCUT2D eigenvalue weighted by molar-refractivity contribution is -0.142. The summed E-state index contributed by atoms with van der Waals surface area (Å²) in [7, 11) is 0. The zero-order valence-corrected chi connectivity index (χ0v) is 13.8. The van der Waals surface area contributed by atoms with Crippen molar-refractivity contribution in [3.05, 3.63) is 0 Å². The molecule has 0 spiro atoms. The monoisotopic (exact) mass is 302 g/mol. The molecule has 6 heteroatoms. The van der Waals surface area contributed by atoms with E-state index < -0.39 is 17.4 Å². The number of nitrogens with one attached hydrogen (secondary N) is 1. The summed E-state index contributed by atoms with van der Waals surface area (Å²) in [5.74, 6) is -0.108. The van der Waals surface area contributed by atoms with Gasteiger partial charge in [-0.1, -0.05) is 34.6 Å². The van der Waals surface area contributed by atoms with E-state index in [0.29, 0.717) is 13.1 Å². The maximum Gasteiger partial charge on any atom is 0.326 e. The molecule has 0 bridgehead atoms. The minimum absolute atomic E-state index is 0.172. The molecule has 1 fully saturated rings. The molecule has 0 aromatic rings. The summed E-state index contributed by atoms with van der Waals surface area (Å²) in [6.45, 7) is 11.1. The SMILES string of the molecule is CC1(C)CCN(C(=O)N[C@H](C(=O)O)C(C)(C)C)CCS1. The van der Waals surface area contributed by atoms with Crippen LogP contribution in [-0.4, -0.2) is 51.6 Å². The zero-order chi connectivity index (χ0) is 15.6. The smallest absolute Gasteiger partial charge is 0.326 e. The maximum absolute atomic E-state index is 12.3. The van der Waals surface area contributed by atoms with Gasteiger partial charge in [-0.15, -0.1) is 0 Å². The largest absolute Gasteiger partial charge is 0.480 e. The van der Waals surface area contributed by atoms with Crippen LogP contribution < -0.4 is 5.32 Å². The van der Waals surface area contributed by atoms with Crippen molar-refractivity contribution in [1.82, 2.24) is 10.2 Å². The molecule has 1 heterocycles. The minimum Gasteiger partial charge on any atom is -0.480 e. The van der Waals surface area contributed by atoms with E-state index in [-0.39, 0.29) is 10.8 Å². The molecule has 1 aliphatic rings. The predicted octanol–water partition coefficient (Wildman–Crippen LogP) is 2.41. The van der Waals surface area contributed by atoms with Crippen LogP contribution in [0.15, 0.2) is 0 Å². The Morgan fingerprint density at radius 2 is 1.90 bits per heavy atom. The Balaban J connectivity index is 2.68. The van der Waals surface area contributed by atoms with Crippen LogP contribution in [0.5, 0.6) is 0 Å². The fraction of sp³-hybridized carbons (Fsp3) is 0.857. The van der Waals surface area contributed by atoms with Crippen molar-refractivity contribution in [3.63, 3.8) is 0 Å². The third kappa shape index (κ3) is 4.89. The molecule has 20 heavy (non-hydrogen) atoms. The number of carboxylic acids is 1. The molecule has 1 rings (SSSR count). The Morgan fingerprint density at radius 1 is 1.30 bits per heavy atom. The first kappa shape index (κ1) is 17.1. The fourth-order valence-electron chi connectivity index (χ4n) is 2.09. The number of urea groups is 1. The van der Waals surface area contributed by atoms with E-state index in [1.807, 2.05) is 32.5 Å². The Hall–Kier alpha value is -0.910. The van der Waals surface area contributed by atoms with Crippen LogP contribution in [0.3, 0.4) is 0 Å². The first-order chi connectivity index (χ1) is 9.03. The lowest BCUT2D eigenvalue weighted by atomic mass is 9.87. The van der Waals surface area contributed by atoms with Gasteiger partial charge in [0.25, 0.3) is 0 Å². The molecule has 0 aromatic carbocycles. The van der Waals surface area contributed by atoms with Crippen molar-refractivity contribution in [2.45, 2.75) is 51.8 Å². The van der Waals surface area contributed by atoms with Crippen LogP contribution in [0.25, 0.3) is 0 Å². The molecule has 0 aliphatic carbocycles. The zero-order valence-electron chi connectivity index (χ0n) is 13.0.